The first-order valence-electron chi connectivity index (χ1n) is 7.72. The molecule has 2 aromatic heterocycles. The summed E-state index contributed by atoms with van der Waals surface area (Å²) in [6.07, 6.45) is -0.786. The van der Waals surface area contributed by atoms with Gasteiger partial charge < -0.3 is 40.8 Å². The molecule has 0 unspecified atom stereocenters. The van der Waals surface area contributed by atoms with Crippen molar-refractivity contribution < 1.29 is 34.1 Å². The zero-order valence-electron chi connectivity index (χ0n) is 14.1. The minimum Gasteiger partial charge on any atom is -0.507 e. The second-order valence-corrected chi connectivity index (χ2v) is 7.73. The number of aliphatic hydroxyl groups is 2. The fraction of sp³-hybridized carbons (Fsp3) is 0.357. The quantitative estimate of drug-likeness (QED) is 0.377. The molecule has 0 bridgehead atoms. The van der Waals surface area contributed by atoms with Gasteiger partial charge in [0.2, 0.25) is 0 Å². The molecule has 1 amide bonds. The molecular formula is C14H18N5O7P. The van der Waals surface area contributed by atoms with Gasteiger partial charge in [-0.05, 0) is 6.92 Å². The Morgan fingerprint density at radius 3 is 2.63 bits per heavy atom. The molecular weight excluding hydrogens is 381 g/mol. The number of nitrogens with zero attached hydrogens (tertiary/aromatic N) is 3. The molecule has 8 N–H and O–H groups in total. The van der Waals surface area contributed by atoms with E-state index in [-0.39, 0.29) is 28.8 Å². The second kappa shape index (κ2) is 6.50. The number of aryl methyl sites for hydroxylation is 1. The molecule has 146 valence electrons. The van der Waals surface area contributed by atoms with Crippen molar-refractivity contribution in [3.8, 4) is 0 Å². The number of anilines is 1. The summed E-state index contributed by atoms with van der Waals surface area (Å²) in [7, 11) is -4.46. The molecule has 2 atom stereocenters. The number of aromatic nitrogens is 3. The SMILES string of the molecule is Cc1nc(N)c2c(C(N)=O)cn([C@@H]3C[C@H](OCP(=O)(O)O)C(O)=C3O)c2n1. The third-order valence-electron chi connectivity index (χ3n) is 4.18. The Morgan fingerprint density at radius 2 is 2.04 bits per heavy atom. The van der Waals surface area contributed by atoms with Crippen LogP contribution in [0.3, 0.4) is 0 Å². The van der Waals surface area contributed by atoms with Gasteiger partial charge in [-0.1, -0.05) is 0 Å². The minimum absolute atomic E-state index is 0.0324. The van der Waals surface area contributed by atoms with E-state index in [2.05, 4.69) is 9.97 Å². The van der Waals surface area contributed by atoms with E-state index in [1.54, 1.807) is 6.92 Å². The third-order valence-corrected chi connectivity index (χ3v) is 4.66. The van der Waals surface area contributed by atoms with Gasteiger partial charge in [0.15, 0.2) is 11.5 Å². The first kappa shape index (κ1) is 19.1. The maximum absolute atomic E-state index is 11.8. The highest BCUT2D eigenvalue weighted by molar-refractivity contribution is 7.51. The Kier molecular flexibility index (Phi) is 4.60. The number of amides is 1. The van der Waals surface area contributed by atoms with E-state index in [0.29, 0.717) is 5.82 Å². The maximum atomic E-state index is 11.8. The third kappa shape index (κ3) is 3.47. The number of hydrogen-bond acceptors (Lipinski definition) is 8. The fourth-order valence-electron chi connectivity index (χ4n) is 3.05. The van der Waals surface area contributed by atoms with E-state index in [1.807, 2.05) is 0 Å². The van der Waals surface area contributed by atoms with Gasteiger partial charge in [0.25, 0.3) is 5.91 Å². The average molecular weight is 399 g/mol. The Hall–Kier alpha value is -2.66. The fourth-order valence-corrected chi connectivity index (χ4v) is 3.43. The van der Waals surface area contributed by atoms with Crippen molar-refractivity contribution in [1.82, 2.24) is 14.5 Å². The summed E-state index contributed by atoms with van der Waals surface area (Å²) in [5.41, 5.74) is 11.5. The molecule has 2 heterocycles. The van der Waals surface area contributed by atoms with Crippen LogP contribution in [0.2, 0.25) is 0 Å². The van der Waals surface area contributed by atoms with Gasteiger partial charge in [-0.2, -0.15) is 0 Å². The van der Waals surface area contributed by atoms with Gasteiger partial charge in [0.05, 0.1) is 17.0 Å². The summed E-state index contributed by atoms with van der Waals surface area (Å²) >= 11 is 0. The van der Waals surface area contributed by atoms with Crippen LogP contribution in [0.4, 0.5) is 5.82 Å². The molecule has 0 saturated heterocycles. The number of primary amides is 1. The maximum Gasteiger partial charge on any atom is 0.351 e. The predicted molar refractivity (Wildman–Crippen MR) is 92.9 cm³/mol. The summed E-state index contributed by atoms with van der Waals surface area (Å²) < 4.78 is 17.4. The van der Waals surface area contributed by atoms with Crippen molar-refractivity contribution >= 4 is 30.4 Å². The van der Waals surface area contributed by atoms with Crippen molar-refractivity contribution in [2.45, 2.75) is 25.5 Å². The summed E-state index contributed by atoms with van der Waals surface area (Å²) in [5.74, 6) is -1.47. The van der Waals surface area contributed by atoms with Crippen molar-refractivity contribution in [2.75, 3.05) is 12.1 Å². The number of nitrogen functional groups attached to an aromatic ring is 1. The molecule has 0 saturated carbocycles. The number of ether oxygens (including phenoxy) is 1. The van der Waals surface area contributed by atoms with Gasteiger partial charge >= 0.3 is 7.60 Å². The Morgan fingerprint density at radius 1 is 1.37 bits per heavy atom. The van der Waals surface area contributed by atoms with Crippen LogP contribution in [0.25, 0.3) is 11.0 Å². The van der Waals surface area contributed by atoms with Crippen LogP contribution in [0.1, 0.15) is 28.6 Å². The largest absolute Gasteiger partial charge is 0.507 e. The minimum atomic E-state index is -4.46. The lowest BCUT2D eigenvalue weighted by Gasteiger charge is -2.16. The molecule has 0 spiro atoms. The average Bonchev–Trinajstić information content (AvgIpc) is 3.04. The van der Waals surface area contributed by atoms with E-state index >= 15 is 0 Å². The van der Waals surface area contributed by atoms with Gasteiger partial charge in [0, 0.05) is 12.6 Å². The van der Waals surface area contributed by atoms with E-state index < -0.39 is 43.5 Å². The number of carbonyl (C=O) groups excluding carboxylic acids is 1. The highest BCUT2D eigenvalue weighted by atomic mass is 31.2. The second-order valence-electron chi connectivity index (χ2n) is 6.14. The molecule has 3 rings (SSSR count). The van der Waals surface area contributed by atoms with E-state index in [9.17, 15) is 19.6 Å². The van der Waals surface area contributed by atoms with E-state index in [0.717, 1.165) is 0 Å². The number of allylic oxidation sites excluding steroid dienone is 1. The summed E-state index contributed by atoms with van der Waals surface area (Å²) in [6, 6.07) is -0.906. The molecule has 0 fully saturated rings. The lowest BCUT2D eigenvalue weighted by molar-refractivity contribution is 0.0682. The van der Waals surface area contributed by atoms with Crippen LogP contribution >= 0.6 is 7.60 Å². The van der Waals surface area contributed by atoms with Crippen molar-refractivity contribution in [3.63, 3.8) is 0 Å². The molecule has 1 aliphatic carbocycles. The van der Waals surface area contributed by atoms with E-state index in [4.69, 9.17) is 26.0 Å². The standard InChI is InChI=1S/C14H18N5O7P/c1-5-17-12(15)9-6(13(16)22)3-19(14(9)18-5)7-2-8(11(21)10(7)20)26-4-27(23,24)25/h3,7-8,20-21H,2,4H2,1H3,(H2,16,22)(H2,15,17,18)(H2,23,24,25)/t7-,8+/m1/s1. The monoisotopic (exact) mass is 399 g/mol. The molecule has 1 aliphatic rings. The highest BCUT2D eigenvalue weighted by Gasteiger charge is 2.38. The molecule has 2 aromatic rings. The van der Waals surface area contributed by atoms with Gasteiger partial charge in [-0.15, -0.1) is 0 Å². The highest BCUT2D eigenvalue weighted by Crippen LogP contribution is 2.41. The number of nitrogens with two attached hydrogens (primary N) is 2. The number of hydrogen-bond donors (Lipinski definition) is 6. The van der Waals surface area contributed by atoms with Crippen LogP contribution in [0.5, 0.6) is 0 Å². The summed E-state index contributed by atoms with van der Waals surface area (Å²) in [5, 5.41) is 20.6. The van der Waals surface area contributed by atoms with Gasteiger partial charge in [0.1, 0.15) is 29.7 Å². The topological polar surface area (TPSA) is 207 Å². The van der Waals surface area contributed by atoms with Crippen LogP contribution < -0.4 is 11.5 Å². The van der Waals surface area contributed by atoms with Crippen molar-refractivity contribution in [2.24, 2.45) is 5.73 Å². The van der Waals surface area contributed by atoms with E-state index in [1.165, 1.54) is 10.8 Å². The summed E-state index contributed by atoms with van der Waals surface area (Å²) in [4.78, 5) is 37.8. The first-order chi connectivity index (χ1) is 12.5. The molecule has 13 heteroatoms. The zero-order chi connectivity index (χ0) is 20.1. The van der Waals surface area contributed by atoms with Crippen molar-refractivity contribution in [3.05, 3.63) is 29.1 Å². The zero-order valence-corrected chi connectivity index (χ0v) is 15.0. The normalized spacial score (nSPS) is 20.6. The lowest BCUT2D eigenvalue weighted by atomic mass is 10.2. The Bertz CT molecular complexity index is 1010. The predicted octanol–water partition coefficient (Wildman–Crippen LogP) is 0.214. The first-order valence-corrected chi connectivity index (χ1v) is 9.52. The Balaban J connectivity index is 2.06. The molecule has 27 heavy (non-hydrogen) atoms. The number of fused-ring (bicyclic) bond motifs is 1. The van der Waals surface area contributed by atoms with Crippen LogP contribution in [0, 0.1) is 6.92 Å². The number of rotatable bonds is 5. The Labute approximate surface area is 152 Å². The van der Waals surface area contributed by atoms with Crippen LogP contribution in [-0.4, -0.2) is 52.9 Å². The molecule has 12 nitrogen and oxygen atoms in total. The summed E-state index contributed by atoms with van der Waals surface area (Å²) in [6.45, 7) is 1.59. The van der Waals surface area contributed by atoms with Gasteiger partial charge in [-0.25, -0.2) is 9.97 Å². The van der Waals surface area contributed by atoms with Crippen LogP contribution in [-0.2, 0) is 9.30 Å². The number of carbonyl (C=O) groups is 1. The lowest BCUT2D eigenvalue weighted by Crippen LogP contribution is -2.16. The molecule has 0 radical (unpaired) electrons. The van der Waals surface area contributed by atoms with Crippen LogP contribution in [0.15, 0.2) is 17.7 Å². The molecule has 0 aromatic carbocycles. The van der Waals surface area contributed by atoms with Crippen molar-refractivity contribution in [1.29, 1.82) is 0 Å². The molecule has 0 aliphatic heterocycles. The smallest absolute Gasteiger partial charge is 0.351 e. The number of aliphatic hydroxyl groups excluding tert-OH is 2. The van der Waals surface area contributed by atoms with Gasteiger partial charge in [-0.3, -0.25) is 9.36 Å².